The van der Waals surface area contributed by atoms with Crippen molar-refractivity contribution in [2.75, 3.05) is 0 Å². The fraction of sp³-hybridized carbons (Fsp3) is 0.200. The summed E-state index contributed by atoms with van der Waals surface area (Å²) < 4.78 is -0.139. The standard InChI is InChI=1S/C8H9.C2HCl2.Y/c1-7-5-3-4-6-8(7)2;1-2(3)4;/h3,5-6H,1-2H3;1H;/q2*-1;. The van der Waals surface area contributed by atoms with Crippen molar-refractivity contribution in [1.29, 1.82) is 0 Å². The van der Waals surface area contributed by atoms with Crippen LogP contribution in [0.25, 0.3) is 0 Å². The van der Waals surface area contributed by atoms with Crippen LogP contribution in [0, 0.1) is 26.5 Å². The summed E-state index contributed by atoms with van der Waals surface area (Å²) in [5.41, 5.74) is 2.65. The van der Waals surface area contributed by atoms with Gasteiger partial charge in [0.25, 0.3) is 0 Å². The van der Waals surface area contributed by atoms with E-state index in [0.29, 0.717) is 0 Å². The Morgan fingerprint density at radius 3 is 2.00 bits per heavy atom. The zero-order valence-electron chi connectivity index (χ0n) is 7.64. The molecule has 0 aliphatic heterocycles. The molecule has 0 spiro atoms. The van der Waals surface area contributed by atoms with Gasteiger partial charge >= 0.3 is 0 Å². The Kier molecular flexibility index (Phi) is 11.4. The Hall–Kier alpha value is 0.644. The third kappa shape index (κ3) is 10.6. The number of benzene rings is 1. The molecule has 0 atom stereocenters. The van der Waals surface area contributed by atoms with Gasteiger partial charge < -0.3 is 6.58 Å². The summed E-state index contributed by atoms with van der Waals surface area (Å²) in [6.07, 6.45) is 0. The van der Waals surface area contributed by atoms with Gasteiger partial charge in [0.05, 0.1) is 0 Å². The molecule has 13 heavy (non-hydrogen) atoms. The van der Waals surface area contributed by atoms with Crippen molar-refractivity contribution in [2.45, 2.75) is 13.8 Å². The first-order valence-electron chi connectivity index (χ1n) is 3.40. The van der Waals surface area contributed by atoms with Crippen LogP contribution < -0.4 is 0 Å². The van der Waals surface area contributed by atoms with Gasteiger partial charge in [-0.2, -0.15) is 35.4 Å². The van der Waals surface area contributed by atoms with E-state index in [1.807, 2.05) is 12.1 Å². The van der Waals surface area contributed by atoms with Gasteiger partial charge in [-0.25, -0.2) is 0 Å². The van der Waals surface area contributed by atoms with Crippen LogP contribution in [0.3, 0.4) is 0 Å². The monoisotopic (exact) mass is 289 g/mol. The topological polar surface area (TPSA) is 0 Å². The number of rotatable bonds is 0. The van der Waals surface area contributed by atoms with E-state index in [2.05, 4.69) is 32.6 Å². The third-order valence-electron chi connectivity index (χ3n) is 1.35. The Morgan fingerprint density at radius 2 is 1.77 bits per heavy atom. The molecule has 1 aromatic carbocycles. The smallest absolute Gasteiger partial charge is 0 e. The van der Waals surface area contributed by atoms with Gasteiger partial charge in [0, 0.05) is 32.7 Å². The summed E-state index contributed by atoms with van der Waals surface area (Å²) in [7, 11) is 0. The maximum atomic E-state index is 4.73. The fourth-order valence-electron chi connectivity index (χ4n) is 0.592. The first-order chi connectivity index (χ1) is 5.54. The van der Waals surface area contributed by atoms with Gasteiger partial charge in [-0.05, 0) is 0 Å². The largest absolute Gasteiger partial charge is 0.482 e. The van der Waals surface area contributed by atoms with Gasteiger partial charge in [-0.15, -0.1) is 23.2 Å². The molecule has 1 rings (SSSR count). The molecule has 0 saturated heterocycles. The van der Waals surface area contributed by atoms with Crippen LogP contribution in [0.4, 0.5) is 0 Å². The quantitative estimate of drug-likeness (QED) is 0.637. The van der Waals surface area contributed by atoms with Crippen LogP contribution in [-0.2, 0) is 32.7 Å². The van der Waals surface area contributed by atoms with E-state index in [4.69, 9.17) is 23.2 Å². The van der Waals surface area contributed by atoms with Crippen LogP contribution in [-0.4, -0.2) is 0 Å². The summed E-state index contributed by atoms with van der Waals surface area (Å²) in [5, 5.41) is 0. The molecule has 0 unspecified atom stereocenters. The maximum absolute atomic E-state index is 4.73. The van der Waals surface area contributed by atoms with Crippen molar-refractivity contribution in [3.63, 3.8) is 0 Å². The molecule has 0 amide bonds. The van der Waals surface area contributed by atoms with Gasteiger partial charge in [0.2, 0.25) is 0 Å². The molecule has 1 radical (unpaired) electrons. The van der Waals surface area contributed by atoms with Crippen molar-refractivity contribution in [2.24, 2.45) is 0 Å². The molecule has 3 heteroatoms. The van der Waals surface area contributed by atoms with Crippen molar-refractivity contribution in [3.8, 4) is 0 Å². The molecule has 69 valence electrons. The van der Waals surface area contributed by atoms with E-state index in [-0.39, 0.29) is 37.2 Å². The van der Waals surface area contributed by atoms with Crippen LogP contribution in [0.5, 0.6) is 0 Å². The summed E-state index contributed by atoms with van der Waals surface area (Å²) in [4.78, 5) is 0. The average Bonchev–Trinajstić information content (AvgIpc) is 1.94. The van der Waals surface area contributed by atoms with Gasteiger partial charge in [0.15, 0.2) is 0 Å². The van der Waals surface area contributed by atoms with Crippen molar-refractivity contribution < 1.29 is 32.7 Å². The van der Waals surface area contributed by atoms with Crippen LogP contribution >= 0.6 is 23.2 Å². The summed E-state index contributed by atoms with van der Waals surface area (Å²) in [6.45, 7) is 8.75. The van der Waals surface area contributed by atoms with Crippen molar-refractivity contribution in [3.05, 3.63) is 46.5 Å². The Balaban J connectivity index is 0. The summed E-state index contributed by atoms with van der Waals surface area (Å²) in [6, 6.07) is 8.99. The summed E-state index contributed by atoms with van der Waals surface area (Å²) in [5.74, 6) is 0. The molecule has 0 nitrogen and oxygen atoms in total. The second kappa shape index (κ2) is 9.21. The van der Waals surface area contributed by atoms with Crippen molar-refractivity contribution in [1.82, 2.24) is 0 Å². The minimum absolute atomic E-state index is 0. The number of hydrogen-bond donors (Lipinski definition) is 0. The molecular weight excluding hydrogens is 280 g/mol. The molecule has 0 bridgehead atoms. The average molecular weight is 290 g/mol. The van der Waals surface area contributed by atoms with E-state index < -0.39 is 0 Å². The van der Waals surface area contributed by atoms with Crippen LogP contribution in [0.1, 0.15) is 11.1 Å². The predicted molar refractivity (Wildman–Crippen MR) is 54.3 cm³/mol. The SMILES string of the molecule is Cc1c[c-]ccc1C.[CH-]=C(Cl)Cl.[Y]. The van der Waals surface area contributed by atoms with E-state index >= 15 is 0 Å². The molecule has 0 fully saturated rings. The predicted octanol–water partition coefficient (Wildman–Crippen LogP) is 3.84. The second-order valence-electron chi connectivity index (χ2n) is 2.30. The number of halogens is 2. The summed E-state index contributed by atoms with van der Waals surface area (Å²) >= 11 is 9.47. The van der Waals surface area contributed by atoms with Crippen molar-refractivity contribution >= 4 is 23.2 Å². The first-order valence-corrected chi connectivity index (χ1v) is 4.16. The minimum Gasteiger partial charge on any atom is -0.482 e. The zero-order valence-corrected chi connectivity index (χ0v) is 12.0. The van der Waals surface area contributed by atoms with E-state index in [0.717, 1.165) is 0 Å². The first kappa shape index (κ1) is 16.1. The zero-order chi connectivity index (χ0) is 9.56. The molecule has 0 aliphatic rings. The van der Waals surface area contributed by atoms with Gasteiger partial charge in [0.1, 0.15) is 0 Å². The van der Waals surface area contributed by atoms with Gasteiger partial charge in [-0.3, -0.25) is 0 Å². The Morgan fingerprint density at radius 1 is 1.31 bits per heavy atom. The van der Waals surface area contributed by atoms with Gasteiger partial charge in [-0.1, -0.05) is 18.3 Å². The third-order valence-corrected chi connectivity index (χ3v) is 1.35. The van der Waals surface area contributed by atoms with E-state index in [9.17, 15) is 0 Å². The van der Waals surface area contributed by atoms with E-state index in [1.54, 1.807) is 0 Å². The maximum Gasteiger partial charge on any atom is 0 e. The molecule has 0 aliphatic carbocycles. The number of aryl methyl sites for hydroxylation is 2. The Bertz CT molecular complexity index is 234. The van der Waals surface area contributed by atoms with Crippen LogP contribution in [0.15, 0.2) is 22.7 Å². The molecular formula is C10H10Cl2Y-2. The minimum atomic E-state index is -0.139. The molecule has 0 heterocycles. The fourth-order valence-corrected chi connectivity index (χ4v) is 0.592. The molecule has 0 aromatic heterocycles. The Labute approximate surface area is 115 Å². The molecule has 0 N–H and O–H groups in total. The number of hydrogen-bond acceptors (Lipinski definition) is 0. The van der Waals surface area contributed by atoms with Crippen LogP contribution in [0.2, 0.25) is 0 Å². The molecule has 0 saturated carbocycles. The molecule has 1 aromatic rings. The normalized spacial score (nSPS) is 7.69. The second-order valence-corrected chi connectivity index (χ2v) is 3.31. The van der Waals surface area contributed by atoms with E-state index in [1.165, 1.54) is 11.1 Å².